The molecule has 6 saturated carbocycles. The van der Waals surface area contributed by atoms with Crippen molar-refractivity contribution >= 4 is 38.1 Å². The molecule has 0 saturated heterocycles. The molecular weight excluding hydrogens is 739 g/mol. The van der Waals surface area contributed by atoms with Gasteiger partial charge >= 0.3 is 0 Å². The summed E-state index contributed by atoms with van der Waals surface area (Å²) in [6, 6.07) is 5.38. The van der Waals surface area contributed by atoms with E-state index in [2.05, 4.69) is 105 Å². The smallest absolute Gasteiger partial charge is 0.0728 e. The zero-order chi connectivity index (χ0) is 41.4. The van der Waals surface area contributed by atoms with Crippen molar-refractivity contribution in [3.05, 3.63) is 74.9 Å². The zero-order valence-corrected chi connectivity index (χ0v) is 38.8. The first-order chi connectivity index (χ1) is 28.8. The highest BCUT2D eigenvalue weighted by molar-refractivity contribution is 6.29. The third-order valence-corrected chi connectivity index (χ3v) is 23.7. The molecule has 6 fully saturated rings. The van der Waals surface area contributed by atoms with Gasteiger partial charge in [0.05, 0.1) is 28.9 Å². The van der Waals surface area contributed by atoms with Gasteiger partial charge in [-0.25, -0.2) is 0 Å². The van der Waals surface area contributed by atoms with Crippen LogP contribution in [0.2, 0.25) is 0 Å². The normalized spacial score (nSPS) is 38.4. The fourth-order valence-electron chi connectivity index (χ4n) is 19.5. The van der Waals surface area contributed by atoms with Gasteiger partial charge in [-0.2, -0.15) is 0 Å². The molecule has 10 unspecified atom stereocenters. The third-order valence-electron chi connectivity index (χ3n) is 23.7. The third kappa shape index (κ3) is 3.28. The summed E-state index contributed by atoms with van der Waals surface area (Å²) < 4.78 is 2.81. The Kier molecular flexibility index (Phi) is 5.44. The highest BCUT2D eigenvalue weighted by Gasteiger charge is 2.68. The summed E-state index contributed by atoms with van der Waals surface area (Å²) in [7, 11) is 0. The van der Waals surface area contributed by atoms with Gasteiger partial charge in [-0.3, -0.25) is 9.97 Å². The van der Waals surface area contributed by atoms with E-state index in [1.165, 1.54) is 97.7 Å². The average molecular weight is 804 g/mol. The van der Waals surface area contributed by atoms with Gasteiger partial charge in [0.15, 0.2) is 0 Å². The van der Waals surface area contributed by atoms with Crippen molar-refractivity contribution < 1.29 is 0 Å². The van der Waals surface area contributed by atoms with Crippen molar-refractivity contribution in [1.29, 1.82) is 0 Å². The summed E-state index contributed by atoms with van der Waals surface area (Å²) in [5, 5.41) is 6.44. The van der Waals surface area contributed by atoms with Gasteiger partial charge in [0.2, 0.25) is 0 Å². The minimum absolute atomic E-state index is 0.0588. The van der Waals surface area contributed by atoms with E-state index in [0.29, 0.717) is 34.5 Å². The molecule has 0 radical (unpaired) electrons. The quantitative estimate of drug-likeness (QED) is 0.153. The van der Waals surface area contributed by atoms with Crippen LogP contribution in [0.1, 0.15) is 214 Å². The molecule has 10 atom stereocenters. The number of pyridine rings is 2. The molecule has 16 rings (SSSR count). The Morgan fingerprint density at radius 2 is 0.918 bits per heavy atom. The van der Waals surface area contributed by atoms with Crippen LogP contribution in [0.15, 0.2) is 24.5 Å². The van der Waals surface area contributed by atoms with E-state index < -0.39 is 0 Å². The Labute approximate surface area is 362 Å². The van der Waals surface area contributed by atoms with Crippen molar-refractivity contribution in [3.63, 3.8) is 0 Å². The molecular formula is C58H65N3. The molecule has 0 N–H and O–H groups in total. The standard InChI is InChI=1S/C58H65N3/c1-52(2,3)30-18-35-41-36(19-30)54(6,7)56(10,11)48-44(41)47(55(8,9)53(35,4)5)45-42-37(24-59-49-28-14-33-16-31-12-26(39(42)49)20-57(31,33)22-28)61-38-25-60-50-29-15-34-17-32-13-27(21-58(32,34)23-29)40(50)43(38)46(48)51(45)61/h18-19,24-29,31-34H,12-17,20-23H2,1-11H3. The summed E-state index contributed by atoms with van der Waals surface area (Å²) >= 11 is 0. The number of fused-ring (bicyclic) bond motifs is 20. The predicted molar refractivity (Wildman–Crippen MR) is 249 cm³/mol. The highest BCUT2D eigenvalue weighted by atomic mass is 15.0. The molecule has 3 heteroatoms. The van der Waals surface area contributed by atoms with Gasteiger partial charge in [0.1, 0.15) is 0 Å². The largest absolute Gasteiger partial charge is 0.305 e. The monoisotopic (exact) mass is 804 g/mol. The number of nitrogens with zero attached hydrogens (tertiary/aromatic N) is 3. The molecule has 4 heterocycles. The van der Waals surface area contributed by atoms with Crippen LogP contribution in [0.3, 0.4) is 0 Å². The first-order valence-electron chi connectivity index (χ1n) is 25.1. The number of hydrogen-bond acceptors (Lipinski definition) is 2. The van der Waals surface area contributed by atoms with Gasteiger partial charge in [0, 0.05) is 55.6 Å². The second kappa shape index (κ2) is 9.49. The molecule has 4 aromatic heterocycles. The van der Waals surface area contributed by atoms with Crippen LogP contribution in [0.4, 0.5) is 0 Å². The van der Waals surface area contributed by atoms with Gasteiger partial charge in [-0.05, 0) is 177 Å². The van der Waals surface area contributed by atoms with Crippen LogP contribution in [-0.2, 0) is 27.1 Å². The molecule has 61 heavy (non-hydrogen) atoms. The summed E-state index contributed by atoms with van der Waals surface area (Å²) in [6.45, 7) is 28.4. The first-order valence-corrected chi connectivity index (χ1v) is 25.1. The molecule has 0 amide bonds. The van der Waals surface area contributed by atoms with E-state index in [0.717, 1.165) is 23.7 Å². The highest BCUT2D eigenvalue weighted by Crippen LogP contribution is 2.78. The maximum Gasteiger partial charge on any atom is 0.0728 e. The summed E-state index contributed by atoms with van der Waals surface area (Å²) in [4.78, 5) is 11.5. The van der Waals surface area contributed by atoms with Crippen LogP contribution in [0, 0.1) is 34.5 Å². The van der Waals surface area contributed by atoms with Crippen LogP contribution >= 0.6 is 0 Å². The van der Waals surface area contributed by atoms with Crippen LogP contribution in [-0.4, -0.2) is 14.4 Å². The lowest BCUT2D eigenvalue weighted by atomic mass is 9.46. The van der Waals surface area contributed by atoms with E-state index in [1.54, 1.807) is 66.1 Å². The van der Waals surface area contributed by atoms with Crippen LogP contribution in [0.25, 0.3) is 49.2 Å². The number of benzene rings is 2. The van der Waals surface area contributed by atoms with E-state index in [1.807, 2.05) is 0 Å². The van der Waals surface area contributed by atoms with Crippen molar-refractivity contribution in [2.45, 2.75) is 191 Å². The van der Waals surface area contributed by atoms with E-state index in [-0.39, 0.29) is 27.1 Å². The predicted octanol–water partition coefficient (Wildman–Crippen LogP) is 14.5. The fraction of sp³-hybridized carbons (Fsp3) is 0.621. The van der Waals surface area contributed by atoms with Gasteiger partial charge < -0.3 is 4.40 Å². The first kappa shape index (κ1) is 35.0. The minimum atomic E-state index is -0.132. The van der Waals surface area contributed by atoms with Crippen LogP contribution in [0.5, 0.6) is 0 Å². The molecule has 3 nitrogen and oxygen atoms in total. The molecule has 312 valence electrons. The number of aromatic nitrogens is 3. The van der Waals surface area contributed by atoms with E-state index in [4.69, 9.17) is 9.97 Å². The number of hydrogen-bond donors (Lipinski definition) is 0. The summed E-state index contributed by atoms with van der Waals surface area (Å²) in [6.07, 6.45) is 18.9. The molecule has 10 aliphatic rings. The lowest BCUT2D eigenvalue weighted by molar-refractivity contribution is 0.00321. The van der Waals surface area contributed by atoms with Crippen molar-refractivity contribution in [3.8, 4) is 11.1 Å². The lowest BCUT2D eigenvalue weighted by Gasteiger charge is -2.57. The van der Waals surface area contributed by atoms with Crippen molar-refractivity contribution in [2.24, 2.45) is 34.5 Å². The Balaban J connectivity index is 1.17. The zero-order valence-electron chi connectivity index (χ0n) is 38.8. The SMILES string of the molecule is CC(C)(C)c1cc2c3c(c1)C(C)(C)C(C)(C)c1c-3c(c3c4c5c(ncc4n4c6cnc7c(c6c1c34)C1CC3CC4CC7CC43C1)C1CC3CC4CC5CC34C1)C(C)(C)C2(C)C. The Morgan fingerprint density at radius 1 is 0.508 bits per heavy atom. The molecule has 6 aromatic rings. The van der Waals surface area contributed by atoms with Gasteiger partial charge in [-0.1, -0.05) is 88.3 Å². The second-order valence-corrected chi connectivity index (χ2v) is 27.2. The summed E-state index contributed by atoms with van der Waals surface area (Å²) in [5.41, 5.74) is 22.7. The minimum Gasteiger partial charge on any atom is -0.305 e. The van der Waals surface area contributed by atoms with Gasteiger partial charge in [-0.15, -0.1) is 0 Å². The van der Waals surface area contributed by atoms with Crippen molar-refractivity contribution in [2.75, 3.05) is 0 Å². The molecule has 6 bridgehead atoms. The van der Waals surface area contributed by atoms with Crippen molar-refractivity contribution in [1.82, 2.24) is 14.4 Å². The molecule has 2 aromatic carbocycles. The Morgan fingerprint density at radius 3 is 1.34 bits per heavy atom. The average Bonchev–Trinajstić information content (AvgIpc) is 3.98. The maximum absolute atomic E-state index is 5.75. The Bertz CT molecular complexity index is 2960. The molecule has 10 aliphatic carbocycles. The van der Waals surface area contributed by atoms with E-state index >= 15 is 0 Å². The van der Waals surface area contributed by atoms with E-state index in [9.17, 15) is 0 Å². The molecule has 2 spiro atoms. The summed E-state index contributed by atoms with van der Waals surface area (Å²) in [5.74, 6) is 6.27. The number of rotatable bonds is 0. The second-order valence-electron chi connectivity index (χ2n) is 27.2. The van der Waals surface area contributed by atoms with Crippen LogP contribution < -0.4 is 0 Å². The lowest BCUT2D eigenvalue weighted by Crippen LogP contribution is -2.50. The van der Waals surface area contributed by atoms with Gasteiger partial charge in [0.25, 0.3) is 0 Å². The Hall–Kier alpha value is -3.46. The molecule has 0 aliphatic heterocycles. The maximum atomic E-state index is 5.75. The topological polar surface area (TPSA) is 30.2 Å². The fourth-order valence-corrected chi connectivity index (χ4v) is 19.5.